The van der Waals surface area contributed by atoms with E-state index in [9.17, 15) is 8.42 Å². The second kappa shape index (κ2) is 7.87. The summed E-state index contributed by atoms with van der Waals surface area (Å²) in [4.78, 5) is 10.9. The van der Waals surface area contributed by atoms with Crippen molar-refractivity contribution in [1.29, 1.82) is 0 Å². The molecule has 0 unspecified atom stereocenters. The van der Waals surface area contributed by atoms with E-state index >= 15 is 0 Å². The van der Waals surface area contributed by atoms with Gasteiger partial charge < -0.3 is 15.0 Å². The summed E-state index contributed by atoms with van der Waals surface area (Å²) in [6.45, 7) is 1.41. The average molecular weight is 387 g/mol. The summed E-state index contributed by atoms with van der Waals surface area (Å²) in [6, 6.07) is 11.7. The first kappa shape index (κ1) is 19.0. The Kier molecular flexibility index (Phi) is 5.54. The molecule has 0 aliphatic carbocycles. The largest absolute Gasteiger partial charge is 0.492 e. The molecule has 0 amide bonds. The maximum absolute atomic E-state index is 11.3. The third-order valence-corrected chi connectivity index (χ3v) is 4.73. The van der Waals surface area contributed by atoms with Gasteiger partial charge in [0.2, 0.25) is 16.0 Å². The van der Waals surface area contributed by atoms with Crippen LogP contribution in [0, 0.1) is 0 Å². The summed E-state index contributed by atoms with van der Waals surface area (Å²) in [5.41, 5.74) is 1.40. The second-order valence-corrected chi connectivity index (χ2v) is 7.82. The Morgan fingerprint density at radius 2 is 1.89 bits per heavy atom. The number of rotatable bonds is 7. The molecule has 0 spiro atoms. The van der Waals surface area contributed by atoms with Crippen LogP contribution in [0.1, 0.15) is 0 Å². The number of aromatic nitrogens is 2. The molecule has 3 rings (SSSR count). The van der Waals surface area contributed by atoms with E-state index in [-0.39, 0.29) is 4.90 Å². The molecular formula is C18H21N5O3S. The number of fused-ring (bicyclic) bond motifs is 1. The number of ether oxygens (including phenoxy) is 1. The standard InChI is InChI=1S/C18H21N5O3S/c1-23(2)9-10-26-15-6-3-13-12-20-18(22-17(13)11-15)21-14-4-7-16(8-5-14)27(19,24)25/h3-8,11-12H,9-10H2,1-2H3,(H2,19,24,25)(H,20,21,22). The highest BCUT2D eigenvalue weighted by atomic mass is 32.2. The van der Waals surface area contributed by atoms with Crippen molar-refractivity contribution in [3.8, 4) is 5.75 Å². The van der Waals surface area contributed by atoms with E-state index in [1.165, 1.54) is 12.1 Å². The Morgan fingerprint density at radius 3 is 2.56 bits per heavy atom. The van der Waals surface area contributed by atoms with Crippen LogP contribution in [-0.2, 0) is 10.0 Å². The number of hydrogen-bond acceptors (Lipinski definition) is 7. The van der Waals surface area contributed by atoms with Crippen LogP contribution in [0.5, 0.6) is 5.75 Å². The Morgan fingerprint density at radius 1 is 1.15 bits per heavy atom. The van der Waals surface area contributed by atoms with Gasteiger partial charge in [-0.25, -0.2) is 23.5 Å². The molecule has 0 saturated carbocycles. The molecule has 142 valence electrons. The molecule has 0 aliphatic heterocycles. The Labute approximate surface area is 158 Å². The highest BCUT2D eigenvalue weighted by molar-refractivity contribution is 7.89. The first-order valence-electron chi connectivity index (χ1n) is 8.25. The number of benzene rings is 2. The summed E-state index contributed by atoms with van der Waals surface area (Å²) in [5, 5.41) is 9.04. The maximum atomic E-state index is 11.3. The minimum atomic E-state index is -3.72. The van der Waals surface area contributed by atoms with Gasteiger partial charge in [0.15, 0.2) is 0 Å². The number of hydrogen-bond donors (Lipinski definition) is 2. The average Bonchev–Trinajstić information content (AvgIpc) is 2.61. The highest BCUT2D eigenvalue weighted by Gasteiger charge is 2.08. The van der Waals surface area contributed by atoms with E-state index in [1.807, 2.05) is 37.2 Å². The number of sulfonamides is 1. The third-order valence-electron chi connectivity index (χ3n) is 3.80. The Balaban J connectivity index is 1.76. The van der Waals surface area contributed by atoms with E-state index in [4.69, 9.17) is 9.88 Å². The number of nitrogens with one attached hydrogen (secondary N) is 1. The van der Waals surface area contributed by atoms with Crippen molar-refractivity contribution < 1.29 is 13.2 Å². The number of anilines is 2. The molecule has 0 fully saturated rings. The predicted molar refractivity (Wildman–Crippen MR) is 105 cm³/mol. The van der Waals surface area contributed by atoms with E-state index in [0.29, 0.717) is 18.2 Å². The second-order valence-electron chi connectivity index (χ2n) is 6.26. The minimum absolute atomic E-state index is 0.0481. The normalized spacial score (nSPS) is 11.7. The van der Waals surface area contributed by atoms with Crippen LogP contribution in [0.3, 0.4) is 0 Å². The summed E-state index contributed by atoms with van der Waals surface area (Å²) in [5.74, 6) is 1.14. The summed E-state index contributed by atoms with van der Waals surface area (Å²) >= 11 is 0. The SMILES string of the molecule is CN(C)CCOc1ccc2cnc(Nc3ccc(S(N)(=O)=O)cc3)nc2c1. The van der Waals surface area contributed by atoms with Crippen molar-refractivity contribution in [2.75, 3.05) is 32.6 Å². The van der Waals surface area contributed by atoms with Crippen molar-refractivity contribution in [2.24, 2.45) is 5.14 Å². The van der Waals surface area contributed by atoms with E-state index in [2.05, 4.69) is 15.3 Å². The van der Waals surface area contributed by atoms with Crippen LogP contribution in [0.15, 0.2) is 53.6 Å². The zero-order valence-electron chi connectivity index (χ0n) is 15.1. The molecule has 0 bridgehead atoms. The van der Waals surface area contributed by atoms with Crippen LogP contribution < -0.4 is 15.2 Å². The molecule has 0 atom stereocenters. The van der Waals surface area contributed by atoms with Crippen molar-refractivity contribution in [3.05, 3.63) is 48.7 Å². The molecule has 1 heterocycles. The van der Waals surface area contributed by atoms with Crippen LogP contribution in [0.4, 0.5) is 11.6 Å². The monoisotopic (exact) mass is 387 g/mol. The Hall–Kier alpha value is -2.75. The van der Waals surface area contributed by atoms with Gasteiger partial charge in [-0.15, -0.1) is 0 Å². The van der Waals surface area contributed by atoms with Gasteiger partial charge in [-0.05, 0) is 50.5 Å². The number of nitrogens with two attached hydrogens (primary N) is 1. The quantitative estimate of drug-likeness (QED) is 0.637. The first-order chi connectivity index (χ1) is 12.8. The fraction of sp³-hybridized carbons (Fsp3) is 0.222. The first-order valence-corrected chi connectivity index (χ1v) is 9.80. The van der Waals surface area contributed by atoms with Gasteiger partial charge in [0.05, 0.1) is 10.4 Å². The Bertz CT molecular complexity index is 1040. The lowest BCUT2D eigenvalue weighted by Gasteiger charge is -2.11. The maximum Gasteiger partial charge on any atom is 0.238 e. The summed E-state index contributed by atoms with van der Waals surface area (Å²) in [6.07, 6.45) is 1.72. The topological polar surface area (TPSA) is 110 Å². The molecule has 27 heavy (non-hydrogen) atoms. The molecule has 0 saturated heterocycles. The molecule has 3 aromatic rings. The molecule has 0 radical (unpaired) electrons. The molecule has 8 nitrogen and oxygen atoms in total. The number of likely N-dealkylation sites (N-methyl/N-ethyl adjacent to an activating group) is 1. The fourth-order valence-corrected chi connectivity index (χ4v) is 2.87. The van der Waals surface area contributed by atoms with Gasteiger partial charge in [0, 0.05) is 29.9 Å². The van der Waals surface area contributed by atoms with Crippen LogP contribution in [0.2, 0.25) is 0 Å². The summed E-state index contributed by atoms with van der Waals surface area (Å²) < 4.78 is 28.4. The van der Waals surface area contributed by atoms with Crippen LogP contribution >= 0.6 is 0 Å². The molecule has 2 aromatic carbocycles. The van der Waals surface area contributed by atoms with Gasteiger partial charge in [-0.3, -0.25) is 0 Å². The van der Waals surface area contributed by atoms with Gasteiger partial charge in [0.1, 0.15) is 12.4 Å². The smallest absolute Gasteiger partial charge is 0.238 e. The van der Waals surface area contributed by atoms with Crippen molar-refractivity contribution in [2.45, 2.75) is 4.90 Å². The molecule has 3 N–H and O–H groups in total. The zero-order valence-corrected chi connectivity index (χ0v) is 15.9. The number of nitrogens with zero attached hydrogens (tertiary/aromatic N) is 3. The summed E-state index contributed by atoms with van der Waals surface area (Å²) in [7, 11) is 0.266. The van der Waals surface area contributed by atoms with Crippen LogP contribution in [0.25, 0.3) is 10.9 Å². The van der Waals surface area contributed by atoms with Gasteiger partial charge in [-0.1, -0.05) is 0 Å². The van der Waals surface area contributed by atoms with Crippen LogP contribution in [-0.4, -0.2) is 50.5 Å². The van der Waals surface area contributed by atoms with Gasteiger partial charge in [0.25, 0.3) is 0 Å². The van der Waals surface area contributed by atoms with Gasteiger partial charge >= 0.3 is 0 Å². The van der Waals surface area contributed by atoms with E-state index in [1.54, 1.807) is 18.3 Å². The highest BCUT2D eigenvalue weighted by Crippen LogP contribution is 2.22. The lowest BCUT2D eigenvalue weighted by molar-refractivity contribution is 0.261. The minimum Gasteiger partial charge on any atom is -0.492 e. The molecular weight excluding hydrogens is 366 g/mol. The van der Waals surface area contributed by atoms with Crippen molar-refractivity contribution in [3.63, 3.8) is 0 Å². The van der Waals surface area contributed by atoms with E-state index < -0.39 is 10.0 Å². The number of primary sulfonamides is 1. The zero-order chi connectivity index (χ0) is 19.4. The molecule has 0 aliphatic rings. The predicted octanol–water partition coefficient (Wildman–Crippen LogP) is 1.96. The van der Waals surface area contributed by atoms with Crippen molar-refractivity contribution in [1.82, 2.24) is 14.9 Å². The molecule has 9 heteroatoms. The van der Waals surface area contributed by atoms with Gasteiger partial charge in [-0.2, -0.15) is 0 Å². The molecule has 1 aromatic heterocycles. The van der Waals surface area contributed by atoms with E-state index in [0.717, 1.165) is 23.2 Å². The third kappa shape index (κ3) is 5.13. The lowest BCUT2D eigenvalue weighted by Crippen LogP contribution is -2.19. The fourth-order valence-electron chi connectivity index (χ4n) is 2.36. The van der Waals surface area contributed by atoms with Crippen molar-refractivity contribution >= 4 is 32.6 Å². The lowest BCUT2D eigenvalue weighted by atomic mass is 10.2.